The molecule has 1 rings (SSSR count). The summed E-state index contributed by atoms with van der Waals surface area (Å²) in [7, 11) is 0. The third kappa shape index (κ3) is 3.04. The Bertz CT molecular complexity index is 418. The van der Waals surface area contributed by atoms with E-state index >= 15 is 0 Å². The zero-order valence-electron chi connectivity index (χ0n) is 9.64. The van der Waals surface area contributed by atoms with Crippen LogP contribution >= 0.6 is 0 Å². The van der Waals surface area contributed by atoms with Crippen LogP contribution in [0, 0.1) is 24.0 Å². The van der Waals surface area contributed by atoms with Gasteiger partial charge in [0.25, 0.3) is 0 Å². The highest BCUT2D eigenvalue weighted by atomic mass is 19.2. The smallest absolute Gasteiger partial charge is 0.159 e. The molecule has 1 unspecified atom stereocenters. The normalized spacial score (nSPS) is 13.2. The van der Waals surface area contributed by atoms with Crippen molar-refractivity contribution in [3.63, 3.8) is 0 Å². The van der Waals surface area contributed by atoms with Gasteiger partial charge in [0.15, 0.2) is 11.6 Å². The molecule has 3 heteroatoms. The maximum Gasteiger partial charge on any atom is 0.159 e. The van der Waals surface area contributed by atoms with Gasteiger partial charge in [-0.05, 0) is 38.5 Å². The Labute approximate surface area is 94.9 Å². The van der Waals surface area contributed by atoms with Gasteiger partial charge >= 0.3 is 0 Å². The van der Waals surface area contributed by atoms with E-state index in [0.29, 0.717) is 5.56 Å². The van der Waals surface area contributed by atoms with Crippen molar-refractivity contribution >= 4 is 0 Å². The van der Waals surface area contributed by atoms with Gasteiger partial charge in [-0.2, -0.15) is 0 Å². The fourth-order valence-electron chi connectivity index (χ4n) is 1.45. The molecule has 0 heterocycles. The summed E-state index contributed by atoms with van der Waals surface area (Å²) in [6.07, 6.45) is 5.34. The van der Waals surface area contributed by atoms with Crippen molar-refractivity contribution < 1.29 is 8.78 Å². The van der Waals surface area contributed by atoms with Crippen LogP contribution in [0.15, 0.2) is 18.2 Å². The predicted octanol–water partition coefficient (Wildman–Crippen LogP) is 3.03. The number of rotatable bonds is 3. The SMILES string of the molecule is C#CC(C)(C)NC(C)c1ccc(F)c(F)c1. The Kier molecular flexibility index (Phi) is 3.66. The van der Waals surface area contributed by atoms with E-state index in [0.717, 1.165) is 6.07 Å². The Balaban J connectivity index is 2.86. The zero-order valence-corrected chi connectivity index (χ0v) is 9.64. The molecule has 0 amide bonds. The largest absolute Gasteiger partial charge is 0.295 e. The van der Waals surface area contributed by atoms with Gasteiger partial charge in [-0.15, -0.1) is 6.42 Å². The van der Waals surface area contributed by atoms with Crippen LogP contribution in [0.5, 0.6) is 0 Å². The van der Waals surface area contributed by atoms with Crippen molar-refractivity contribution in [1.29, 1.82) is 0 Å². The Morgan fingerprint density at radius 1 is 1.31 bits per heavy atom. The maximum atomic E-state index is 13.0. The van der Waals surface area contributed by atoms with Crippen molar-refractivity contribution in [2.24, 2.45) is 0 Å². The summed E-state index contributed by atoms with van der Waals surface area (Å²) in [6, 6.07) is 3.70. The fraction of sp³-hybridized carbons (Fsp3) is 0.385. The van der Waals surface area contributed by atoms with E-state index in [1.54, 1.807) is 6.07 Å². The lowest BCUT2D eigenvalue weighted by atomic mass is 10.0. The third-order valence-electron chi connectivity index (χ3n) is 2.38. The molecule has 16 heavy (non-hydrogen) atoms. The summed E-state index contributed by atoms with van der Waals surface area (Å²) >= 11 is 0. The predicted molar refractivity (Wildman–Crippen MR) is 60.8 cm³/mol. The van der Waals surface area contributed by atoms with Gasteiger partial charge in [0.2, 0.25) is 0 Å². The maximum absolute atomic E-state index is 13.0. The lowest BCUT2D eigenvalue weighted by molar-refractivity contribution is 0.428. The molecule has 0 bridgehead atoms. The molecule has 1 aromatic rings. The number of hydrogen-bond acceptors (Lipinski definition) is 1. The summed E-state index contributed by atoms with van der Waals surface area (Å²) in [5.41, 5.74) is 0.187. The number of benzene rings is 1. The molecular formula is C13H15F2N. The van der Waals surface area contributed by atoms with Gasteiger partial charge in [-0.3, -0.25) is 5.32 Å². The molecule has 0 saturated heterocycles. The highest BCUT2D eigenvalue weighted by Crippen LogP contribution is 2.18. The van der Waals surface area contributed by atoms with Crippen molar-refractivity contribution in [2.75, 3.05) is 0 Å². The Morgan fingerprint density at radius 2 is 1.94 bits per heavy atom. The number of nitrogens with one attached hydrogen (secondary N) is 1. The summed E-state index contributed by atoms with van der Waals surface area (Å²) in [5.74, 6) is 0.906. The highest BCUT2D eigenvalue weighted by molar-refractivity contribution is 5.22. The van der Waals surface area contributed by atoms with E-state index in [9.17, 15) is 8.78 Å². The lowest BCUT2D eigenvalue weighted by Crippen LogP contribution is -2.39. The second-order valence-electron chi connectivity index (χ2n) is 4.31. The number of hydrogen-bond donors (Lipinski definition) is 1. The zero-order chi connectivity index (χ0) is 12.3. The molecule has 0 aromatic heterocycles. The van der Waals surface area contributed by atoms with Crippen molar-refractivity contribution in [2.45, 2.75) is 32.4 Å². The molecule has 1 nitrogen and oxygen atoms in total. The summed E-state index contributed by atoms with van der Waals surface area (Å²) in [5, 5.41) is 3.14. The number of terminal acetylenes is 1. The highest BCUT2D eigenvalue weighted by Gasteiger charge is 2.18. The first-order valence-electron chi connectivity index (χ1n) is 5.06. The van der Waals surface area contributed by atoms with E-state index in [-0.39, 0.29) is 6.04 Å². The molecule has 0 saturated carbocycles. The third-order valence-corrected chi connectivity index (χ3v) is 2.38. The molecule has 86 valence electrons. The van der Waals surface area contributed by atoms with Crippen molar-refractivity contribution in [1.82, 2.24) is 5.32 Å². The summed E-state index contributed by atoms with van der Waals surface area (Å²) < 4.78 is 25.7. The van der Waals surface area contributed by atoms with Crippen molar-refractivity contribution in [3.05, 3.63) is 35.4 Å². The Hall–Kier alpha value is -1.40. The topological polar surface area (TPSA) is 12.0 Å². The van der Waals surface area contributed by atoms with Crippen LogP contribution in [0.4, 0.5) is 8.78 Å². The lowest BCUT2D eigenvalue weighted by Gasteiger charge is -2.25. The number of halogens is 2. The quantitative estimate of drug-likeness (QED) is 0.777. The molecule has 0 aliphatic rings. The van der Waals surface area contributed by atoms with Crippen LogP contribution in [0.1, 0.15) is 32.4 Å². The van der Waals surface area contributed by atoms with Gasteiger partial charge in [-0.1, -0.05) is 12.0 Å². The molecule has 1 atom stereocenters. The molecule has 0 fully saturated rings. The van der Waals surface area contributed by atoms with Crippen LogP contribution in [0.3, 0.4) is 0 Å². The first kappa shape index (κ1) is 12.7. The minimum absolute atomic E-state index is 0.138. The average Bonchev–Trinajstić information content (AvgIpc) is 2.21. The van der Waals surface area contributed by atoms with Gasteiger partial charge in [0, 0.05) is 6.04 Å². The van der Waals surface area contributed by atoms with Crippen LogP contribution in [-0.4, -0.2) is 5.54 Å². The Morgan fingerprint density at radius 3 is 2.44 bits per heavy atom. The molecular weight excluding hydrogens is 208 g/mol. The van der Waals surface area contributed by atoms with E-state index < -0.39 is 17.2 Å². The van der Waals surface area contributed by atoms with Crippen LogP contribution in [-0.2, 0) is 0 Å². The van der Waals surface area contributed by atoms with Gasteiger partial charge < -0.3 is 0 Å². The summed E-state index contributed by atoms with van der Waals surface area (Å²) in [6.45, 7) is 5.55. The molecule has 0 spiro atoms. The van der Waals surface area contributed by atoms with E-state index in [1.165, 1.54) is 6.07 Å². The van der Waals surface area contributed by atoms with E-state index in [2.05, 4.69) is 11.2 Å². The van der Waals surface area contributed by atoms with Gasteiger partial charge in [0.1, 0.15) is 0 Å². The second kappa shape index (κ2) is 4.63. The van der Waals surface area contributed by atoms with E-state index in [1.807, 2.05) is 20.8 Å². The van der Waals surface area contributed by atoms with E-state index in [4.69, 9.17) is 6.42 Å². The minimum Gasteiger partial charge on any atom is -0.295 e. The monoisotopic (exact) mass is 223 g/mol. The van der Waals surface area contributed by atoms with Gasteiger partial charge in [0.05, 0.1) is 5.54 Å². The molecule has 1 aromatic carbocycles. The standard InChI is InChI=1S/C13H15F2N/c1-5-13(3,4)16-9(2)10-6-7-11(14)12(15)8-10/h1,6-9,16H,2-4H3. The molecule has 0 aliphatic heterocycles. The van der Waals surface area contributed by atoms with Crippen LogP contribution < -0.4 is 5.32 Å². The molecule has 0 radical (unpaired) electrons. The van der Waals surface area contributed by atoms with Crippen LogP contribution in [0.25, 0.3) is 0 Å². The van der Waals surface area contributed by atoms with Crippen molar-refractivity contribution in [3.8, 4) is 12.3 Å². The first-order valence-corrected chi connectivity index (χ1v) is 5.06. The second-order valence-corrected chi connectivity index (χ2v) is 4.31. The fourth-order valence-corrected chi connectivity index (χ4v) is 1.45. The first-order chi connectivity index (χ1) is 7.35. The average molecular weight is 223 g/mol. The minimum atomic E-state index is -0.843. The van der Waals surface area contributed by atoms with Crippen LogP contribution in [0.2, 0.25) is 0 Å². The molecule has 0 aliphatic carbocycles. The summed E-state index contributed by atoms with van der Waals surface area (Å²) in [4.78, 5) is 0. The molecule has 1 N–H and O–H groups in total. The van der Waals surface area contributed by atoms with Gasteiger partial charge in [-0.25, -0.2) is 8.78 Å².